The van der Waals surface area contributed by atoms with Crippen molar-refractivity contribution in [1.82, 2.24) is 0 Å². The minimum absolute atomic E-state index is 0.0318. The van der Waals surface area contributed by atoms with Crippen LogP contribution in [0.4, 0.5) is 0 Å². The molecular weight excluding hydrogens is 258 g/mol. The molecule has 0 spiro atoms. The van der Waals surface area contributed by atoms with Gasteiger partial charge in [-0.1, -0.05) is 22.0 Å². The molecule has 4 heteroatoms. The highest BCUT2D eigenvalue weighted by Gasteiger charge is 2.08. The lowest BCUT2D eigenvalue weighted by atomic mass is 10.1. The van der Waals surface area contributed by atoms with E-state index in [4.69, 9.17) is 15.2 Å². The van der Waals surface area contributed by atoms with Crippen LogP contribution in [0.5, 0.6) is 5.75 Å². The van der Waals surface area contributed by atoms with E-state index in [2.05, 4.69) is 15.9 Å². The second-order valence-corrected chi connectivity index (χ2v) is 4.23. The molecule has 0 unspecified atom stereocenters. The van der Waals surface area contributed by atoms with E-state index in [1.165, 1.54) is 0 Å². The normalized spacial score (nSPS) is 12.5. The lowest BCUT2D eigenvalue weighted by molar-refractivity contribution is 0.145. The van der Waals surface area contributed by atoms with Crippen LogP contribution in [0.3, 0.4) is 0 Å². The van der Waals surface area contributed by atoms with E-state index in [-0.39, 0.29) is 6.04 Å². The Morgan fingerprint density at radius 1 is 1.40 bits per heavy atom. The molecule has 15 heavy (non-hydrogen) atoms. The van der Waals surface area contributed by atoms with Gasteiger partial charge in [-0.3, -0.25) is 0 Å². The van der Waals surface area contributed by atoms with Gasteiger partial charge in [0.15, 0.2) is 0 Å². The first-order chi connectivity index (χ1) is 7.15. The van der Waals surface area contributed by atoms with E-state index in [0.29, 0.717) is 13.2 Å². The summed E-state index contributed by atoms with van der Waals surface area (Å²) in [6.45, 7) is 3.05. The third-order valence-corrected chi connectivity index (χ3v) is 2.50. The summed E-state index contributed by atoms with van der Waals surface area (Å²) in [5, 5.41) is 0. The number of nitrogens with two attached hydrogens (primary N) is 1. The Kier molecular flexibility index (Phi) is 5.08. The largest absolute Gasteiger partial charge is 0.491 e. The molecule has 0 aromatic heterocycles. The van der Waals surface area contributed by atoms with Crippen LogP contribution in [0.2, 0.25) is 0 Å². The first kappa shape index (κ1) is 12.5. The highest BCUT2D eigenvalue weighted by atomic mass is 79.9. The van der Waals surface area contributed by atoms with Crippen LogP contribution in [0.25, 0.3) is 0 Å². The molecule has 0 aliphatic carbocycles. The molecule has 1 aromatic rings. The molecule has 0 amide bonds. The fourth-order valence-electron chi connectivity index (χ4n) is 1.24. The van der Waals surface area contributed by atoms with Crippen LogP contribution >= 0.6 is 15.9 Å². The van der Waals surface area contributed by atoms with Crippen molar-refractivity contribution in [2.45, 2.75) is 13.0 Å². The predicted molar refractivity (Wildman–Crippen MR) is 64.1 cm³/mol. The van der Waals surface area contributed by atoms with Gasteiger partial charge in [0.1, 0.15) is 12.4 Å². The lowest BCUT2D eigenvalue weighted by Gasteiger charge is -2.14. The summed E-state index contributed by atoms with van der Waals surface area (Å²) in [6.07, 6.45) is 0. The maximum atomic E-state index is 5.84. The van der Waals surface area contributed by atoms with Gasteiger partial charge in [0.25, 0.3) is 0 Å². The minimum Gasteiger partial charge on any atom is -0.491 e. The molecule has 3 nitrogen and oxygen atoms in total. The lowest BCUT2D eigenvalue weighted by Crippen LogP contribution is -2.10. The molecule has 2 N–H and O–H groups in total. The number of benzene rings is 1. The summed E-state index contributed by atoms with van der Waals surface area (Å²) in [4.78, 5) is 0. The molecule has 0 aliphatic heterocycles. The Hall–Kier alpha value is -0.580. The Morgan fingerprint density at radius 2 is 2.13 bits per heavy atom. The second kappa shape index (κ2) is 6.10. The van der Waals surface area contributed by atoms with E-state index < -0.39 is 0 Å². The van der Waals surface area contributed by atoms with Crippen molar-refractivity contribution in [2.75, 3.05) is 20.3 Å². The molecule has 0 saturated carbocycles. The fraction of sp³-hybridized carbons (Fsp3) is 0.455. The average Bonchev–Trinajstić information content (AvgIpc) is 2.18. The molecule has 1 atom stereocenters. The van der Waals surface area contributed by atoms with Crippen molar-refractivity contribution < 1.29 is 9.47 Å². The van der Waals surface area contributed by atoms with E-state index in [1.54, 1.807) is 7.11 Å². The third kappa shape index (κ3) is 3.81. The predicted octanol–water partition coefficient (Wildman–Crippen LogP) is 2.49. The van der Waals surface area contributed by atoms with Gasteiger partial charge in [-0.15, -0.1) is 0 Å². The van der Waals surface area contributed by atoms with Crippen molar-refractivity contribution in [3.05, 3.63) is 28.2 Å². The average molecular weight is 274 g/mol. The zero-order chi connectivity index (χ0) is 11.3. The van der Waals surface area contributed by atoms with Gasteiger partial charge < -0.3 is 15.2 Å². The molecular formula is C11H16BrNO2. The first-order valence-electron chi connectivity index (χ1n) is 4.82. The molecule has 1 aromatic carbocycles. The number of ether oxygens (including phenoxy) is 2. The smallest absolute Gasteiger partial charge is 0.125 e. The zero-order valence-electron chi connectivity index (χ0n) is 9.00. The Balaban J connectivity index is 2.77. The van der Waals surface area contributed by atoms with Crippen molar-refractivity contribution in [2.24, 2.45) is 5.73 Å². The van der Waals surface area contributed by atoms with E-state index >= 15 is 0 Å². The van der Waals surface area contributed by atoms with Gasteiger partial charge >= 0.3 is 0 Å². The van der Waals surface area contributed by atoms with Gasteiger partial charge in [0, 0.05) is 23.2 Å². The maximum absolute atomic E-state index is 5.84. The van der Waals surface area contributed by atoms with E-state index in [1.807, 2.05) is 25.1 Å². The molecule has 0 fully saturated rings. The quantitative estimate of drug-likeness (QED) is 0.839. The van der Waals surface area contributed by atoms with Crippen LogP contribution in [0.15, 0.2) is 22.7 Å². The maximum Gasteiger partial charge on any atom is 0.125 e. The van der Waals surface area contributed by atoms with Crippen LogP contribution in [-0.2, 0) is 4.74 Å². The number of hydrogen-bond acceptors (Lipinski definition) is 3. The van der Waals surface area contributed by atoms with Crippen LogP contribution in [0.1, 0.15) is 18.5 Å². The van der Waals surface area contributed by atoms with Crippen LogP contribution in [0, 0.1) is 0 Å². The molecule has 0 radical (unpaired) electrons. The van der Waals surface area contributed by atoms with Gasteiger partial charge in [-0.2, -0.15) is 0 Å². The molecule has 0 saturated heterocycles. The summed E-state index contributed by atoms with van der Waals surface area (Å²) >= 11 is 3.40. The molecule has 0 aliphatic rings. The van der Waals surface area contributed by atoms with Gasteiger partial charge in [-0.25, -0.2) is 0 Å². The van der Waals surface area contributed by atoms with E-state index in [0.717, 1.165) is 15.8 Å². The first-order valence-corrected chi connectivity index (χ1v) is 5.61. The standard InChI is InChI=1S/C11H16BrNO2/c1-8(13)10-4-3-9(12)7-11(10)15-6-5-14-2/h3-4,7-8H,5-6,13H2,1-2H3/t8-/m0/s1. The second-order valence-electron chi connectivity index (χ2n) is 3.31. The molecule has 0 bridgehead atoms. The van der Waals surface area contributed by atoms with Crippen molar-refractivity contribution in [3.63, 3.8) is 0 Å². The number of methoxy groups -OCH3 is 1. The number of hydrogen-bond donors (Lipinski definition) is 1. The van der Waals surface area contributed by atoms with Gasteiger partial charge in [0.2, 0.25) is 0 Å². The Morgan fingerprint density at radius 3 is 2.73 bits per heavy atom. The SMILES string of the molecule is COCCOc1cc(Br)ccc1[C@H](C)N. The van der Waals surface area contributed by atoms with Crippen molar-refractivity contribution in [1.29, 1.82) is 0 Å². The summed E-state index contributed by atoms with van der Waals surface area (Å²) in [5.74, 6) is 0.816. The molecule has 1 rings (SSSR count). The highest BCUT2D eigenvalue weighted by Crippen LogP contribution is 2.27. The van der Waals surface area contributed by atoms with Crippen LogP contribution < -0.4 is 10.5 Å². The summed E-state index contributed by atoms with van der Waals surface area (Å²) in [6, 6.07) is 5.82. The number of rotatable bonds is 5. The highest BCUT2D eigenvalue weighted by molar-refractivity contribution is 9.10. The van der Waals surface area contributed by atoms with Gasteiger partial charge in [-0.05, 0) is 19.1 Å². The van der Waals surface area contributed by atoms with Gasteiger partial charge in [0.05, 0.1) is 6.61 Å². The summed E-state index contributed by atoms with van der Waals surface area (Å²) in [7, 11) is 1.65. The summed E-state index contributed by atoms with van der Waals surface area (Å²) in [5.41, 5.74) is 6.85. The third-order valence-electron chi connectivity index (χ3n) is 2.01. The van der Waals surface area contributed by atoms with Crippen molar-refractivity contribution in [3.8, 4) is 5.75 Å². The van der Waals surface area contributed by atoms with Crippen LogP contribution in [-0.4, -0.2) is 20.3 Å². The number of halogens is 1. The van der Waals surface area contributed by atoms with E-state index in [9.17, 15) is 0 Å². The molecule has 84 valence electrons. The minimum atomic E-state index is -0.0318. The fourth-order valence-corrected chi connectivity index (χ4v) is 1.58. The monoisotopic (exact) mass is 273 g/mol. The zero-order valence-corrected chi connectivity index (χ0v) is 10.6. The molecule has 0 heterocycles. The topological polar surface area (TPSA) is 44.5 Å². The Labute approximate surface area is 98.7 Å². The van der Waals surface area contributed by atoms with Crippen molar-refractivity contribution >= 4 is 15.9 Å². The Bertz CT molecular complexity index is 315. The summed E-state index contributed by atoms with van der Waals surface area (Å²) < 4.78 is 11.5.